The maximum atomic E-state index is 12.9. The Balaban J connectivity index is 2.16. The van der Waals surface area contributed by atoms with Gasteiger partial charge < -0.3 is 15.2 Å². The minimum atomic E-state index is -0.404. The zero-order chi connectivity index (χ0) is 13.8. The second kappa shape index (κ2) is 5.80. The van der Waals surface area contributed by atoms with Gasteiger partial charge in [-0.05, 0) is 36.4 Å². The van der Waals surface area contributed by atoms with Crippen LogP contribution in [0.2, 0.25) is 5.02 Å². The zero-order valence-corrected chi connectivity index (χ0v) is 11.1. The summed E-state index contributed by atoms with van der Waals surface area (Å²) in [6, 6.07) is 9.24. The molecule has 0 aliphatic carbocycles. The van der Waals surface area contributed by atoms with Crippen LogP contribution in [0.4, 0.5) is 10.1 Å². The number of anilines is 1. The average molecular weight is 282 g/mol. The van der Waals surface area contributed by atoms with Crippen molar-refractivity contribution in [2.45, 2.75) is 6.61 Å². The third-order valence-electron chi connectivity index (χ3n) is 2.58. The third kappa shape index (κ3) is 3.29. The van der Waals surface area contributed by atoms with E-state index >= 15 is 0 Å². The summed E-state index contributed by atoms with van der Waals surface area (Å²) in [6.45, 7) is 0.236. The third-order valence-corrected chi connectivity index (χ3v) is 2.88. The second-order valence-electron chi connectivity index (χ2n) is 3.93. The van der Waals surface area contributed by atoms with E-state index in [0.717, 1.165) is 5.56 Å². The predicted octanol–water partition coefficient (Wildman–Crippen LogP) is 3.65. The summed E-state index contributed by atoms with van der Waals surface area (Å²) < 4.78 is 23.7. The van der Waals surface area contributed by atoms with E-state index in [9.17, 15) is 4.39 Å². The highest BCUT2D eigenvalue weighted by molar-refractivity contribution is 6.32. The fourth-order valence-corrected chi connectivity index (χ4v) is 1.88. The van der Waals surface area contributed by atoms with Crippen LogP contribution < -0.4 is 15.2 Å². The van der Waals surface area contributed by atoms with Crippen molar-refractivity contribution in [1.29, 1.82) is 0 Å². The van der Waals surface area contributed by atoms with E-state index in [-0.39, 0.29) is 11.6 Å². The van der Waals surface area contributed by atoms with Gasteiger partial charge in [0.1, 0.15) is 23.9 Å². The second-order valence-corrected chi connectivity index (χ2v) is 4.34. The molecule has 0 atom stereocenters. The highest BCUT2D eigenvalue weighted by Crippen LogP contribution is 2.28. The molecule has 100 valence electrons. The zero-order valence-electron chi connectivity index (χ0n) is 10.3. The molecule has 2 rings (SSSR count). The minimum absolute atomic E-state index is 0.225. The largest absolute Gasteiger partial charge is 0.496 e. The monoisotopic (exact) mass is 281 g/mol. The molecule has 0 fully saturated rings. The Bertz CT molecular complexity index is 590. The Kier molecular flexibility index (Phi) is 4.12. The van der Waals surface area contributed by atoms with Crippen LogP contribution in [0, 0.1) is 5.82 Å². The quantitative estimate of drug-likeness (QED) is 0.870. The van der Waals surface area contributed by atoms with Gasteiger partial charge in [0.2, 0.25) is 0 Å². The molecule has 19 heavy (non-hydrogen) atoms. The van der Waals surface area contributed by atoms with Gasteiger partial charge in [-0.1, -0.05) is 11.6 Å². The van der Waals surface area contributed by atoms with Crippen molar-refractivity contribution >= 4 is 17.3 Å². The molecule has 2 aromatic rings. The van der Waals surface area contributed by atoms with E-state index in [1.54, 1.807) is 25.3 Å². The van der Waals surface area contributed by atoms with Crippen molar-refractivity contribution in [3.63, 3.8) is 0 Å². The van der Waals surface area contributed by atoms with Crippen LogP contribution in [0.25, 0.3) is 0 Å². The summed E-state index contributed by atoms with van der Waals surface area (Å²) in [5.74, 6) is 0.680. The molecule has 0 heterocycles. The summed E-state index contributed by atoms with van der Waals surface area (Å²) in [5, 5.41) is 0.225. The molecule has 2 aromatic carbocycles. The summed E-state index contributed by atoms with van der Waals surface area (Å²) in [5.41, 5.74) is 7.12. The van der Waals surface area contributed by atoms with Gasteiger partial charge in [-0.25, -0.2) is 4.39 Å². The Hall–Kier alpha value is -1.94. The Morgan fingerprint density at radius 2 is 1.89 bits per heavy atom. The molecule has 5 heteroatoms. The Labute approximate surface area is 115 Å². The minimum Gasteiger partial charge on any atom is -0.496 e. The van der Waals surface area contributed by atoms with E-state index in [2.05, 4.69) is 0 Å². The first-order chi connectivity index (χ1) is 9.10. The number of nitrogen functional groups attached to an aromatic ring is 1. The predicted molar refractivity (Wildman–Crippen MR) is 73.1 cm³/mol. The van der Waals surface area contributed by atoms with Crippen LogP contribution in [0.1, 0.15) is 5.56 Å². The Morgan fingerprint density at radius 1 is 1.16 bits per heavy atom. The molecule has 0 amide bonds. The van der Waals surface area contributed by atoms with Gasteiger partial charge in [0.25, 0.3) is 0 Å². The first-order valence-electron chi connectivity index (χ1n) is 5.60. The molecule has 2 N–H and O–H groups in total. The fraction of sp³-hybridized carbons (Fsp3) is 0.143. The molecule has 0 saturated carbocycles. The van der Waals surface area contributed by atoms with Gasteiger partial charge in [0.05, 0.1) is 12.1 Å². The standard InChI is InChI=1S/C14H13ClFNO2/c1-18-13-5-3-11(17)6-9(13)8-19-14-4-2-10(16)7-12(14)15/h2-7H,8,17H2,1H3. The molecular formula is C14H13ClFNO2. The first kappa shape index (κ1) is 13.5. The van der Waals surface area contributed by atoms with Gasteiger partial charge in [0, 0.05) is 11.3 Å². The number of hydrogen-bond donors (Lipinski definition) is 1. The molecule has 0 aliphatic rings. The molecule has 0 aromatic heterocycles. The lowest BCUT2D eigenvalue weighted by molar-refractivity contribution is 0.296. The fourth-order valence-electron chi connectivity index (χ4n) is 1.66. The maximum Gasteiger partial charge on any atom is 0.138 e. The number of nitrogens with two attached hydrogens (primary N) is 1. The van der Waals surface area contributed by atoms with Crippen molar-refractivity contribution in [3.8, 4) is 11.5 Å². The van der Waals surface area contributed by atoms with E-state index < -0.39 is 5.82 Å². The maximum absolute atomic E-state index is 12.9. The molecule has 0 saturated heterocycles. The van der Waals surface area contributed by atoms with Gasteiger partial charge >= 0.3 is 0 Å². The summed E-state index contributed by atoms with van der Waals surface area (Å²) in [4.78, 5) is 0. The number of halogens is 2. The van der Waals surface area contributed by atoms with Crippen molar-refractivity contribution in [2.75, 3.05) is 12.8 Å². The Morgan fingerprint density at radius 3 is 2.58 bits per heavy atom. The van der Waals surface area contributed by atoms with Crippen LogP contribution in [0.3, 0.4) is 0 Å². The molecule has 0 unspecified atom stereocenters. The lowest BCUT2D eigenvalue weighted by Gasteiger charge is -2.12. The van der Waals surface area contributed by atoms with Crippen molar-refractivity contribution in [2.24, 2.45) is 0 Å². The van der Waals surface area contributed by atoms with Gasteiger partial charge in [-0.3, -0.25) is 0 Å². The van der Waals surface area contributed by atoms with Crippen LogP contribution in [-0.2, 0) is 6.61 Å². The first-order valence-corrected chi connectivity index (χ1v) is 5.98. The van der Waals surface area contributed by atoms with Crippen LogP contribution in [0.5, 0.6) is 11.5 Å². The lowest BCUT2D eigenvalue weighted by atomic mass is 10.2. The molecule has 3 nitrogen and oxygen atoms in total. The van der Waals surface area contributed by atoms with Gasteiger partial charge in [-0.15, -0.1) is 0 Å². The average Bonchev–Trinajstić information content (AvgIpc) is 2.38. The number of ether oxygens (including phenoxy) is 2. The van der Waals surface area contributed by atoms with Crippen LogP contribution in [0.15, 0.2) is 36.4 Å². The van der Waals surface area contributed by atoms with E-state index in [1.807, 2.05) is 0 Å². The van der Waals surface area contributed by atoms with Crippen LogP contribution in [-0.4, -0.2) is 7.11 Å². The highest BCUT2D eigenvalue weighted by Gasteiger charge is 2.07. The summed E-state index contributed by atoms with van der Waals surface area (Å²) >= 11 is 5.88. The summed E-state index contributed by atoms with van der Waals surface area (Å²) in [7, 11) is 1.57. The SMILES string of the molecule is COc1ccc(N)cc1COc1ccc(F)cc1Cl. The van der Waals surface area contributed by atoms with Crippen molar-refractivity contribution in [3.05, 3.63) is 52.8 Å². The highest BCUT2D eigenvalue weighted by atomic mass is 35.5. The molecule has 0 aliphatic heterocycles. The summed E-state index contributed by atoms with van der Waals surface area (Å²) in [6.07, 6.45) is 0. The smallest absolute Gasteiger partial charge is 0.138 e. The number of hydrogen-bond acceptors (Lipinski definition) is 3. The van der Waals surface area contributed by atoms with E-state index in [1.165, 1.54) is 18.2 Å². The van der Waals surface area contributed by atoms with Gasteiger partial charge in [-0.2, -0.15) is 0 Å². The van der Waals surface area contributed by atoms with E-state index in [0.29, 0.717) is 17.2 Å². The van der Waals surface area contributed by atoms with Crippen LogP contribution >= 0.6 is 11.6 Å². The molecule has 0 spiro atoms. The number of benzene rings is 2. The van der Waals surface area contributed by atoms with Crippen molar-refractivity contribution in [1.82, 2.24) is 0 Å². The lowest BCUT2D eigenvalue weighted by Crippen LogP contribution is -2.00. The van der Waals surface area contributed by atoms with Crippen molar-refractivity contribution < 1.29 is 13.9 Å². The van der Waals surface area contributed by atoms with E-state index in [4.69, 9.17) is 26.8 Å². The normalized spacial score (nSPS) is 10.3. The number of methoxy groups -OCH3 is 1. The molecule has 0 bridgehead atoms. The number of rotatable bonds is 4. The molecule has 0 radical (unpaired) electrons. The topological polar surface area (TPSA) is 44.5 Å². The molecular weight excluding hydrogens is 269 g/mol. The van der Waals surface area contributed by atoms with Gasteiger partial charge in [0.15, 0.2) is 0 Å².